The van der Waals surface area contributed by atoms with E-state index in [0.29, 0.717) is 0 Å². The van der Waals surface area contributed by atoms with Crippen molar-refractivity contribution in [2.24, 2.45) is 0 Å². The molecule has 140 valence electrons. The minimum absolute atomic E-state index is 0.148. The van der Waals surface area contributed by atoms with Gasteiger partial charge < -0.3 is 9.80 Å². The van der Waals surface area contributed by atoms with Crippen molar-refractivity contribution in [1.29, 1.82) is 0 Å². The number of benzene rings is 2. The van der Waals surface area contributed by atoms with Crippen LogP contribution in [0.15, 0.2) is 60.7 Å². The van der Waals surface area contributed by atoms with Gasteiger partial charge in [-0.05, 0) is 43.6 Å². The van der Waals surface area contributed by atoms with Gasteiger partial charge in [0, 0.05) is 14.1 Å². The van der Waals surface area contributed by atoms with Crippen molar-refractivity contribution < 1.29 is 4.79 Å². The van der Waals surface area contributed by atoms with Crippen LogP contribution in [0.4, 0.5) is 0 Å². The van der Waals surface area contributed by atoms with Crippen molar-refractivity contribution in [2.75, 3.05) is 33.7 Å². The van der Waals surface area contributed by atoms with Crippen LogP contribution in [-0.4, -0.2) is 49.4 Å². The summed E-state index contributed by atoms with van der Waals surface area (Å²) >= 11 is 0. The lowest BCUT2D eigenvalue weighted by molar-refractivity contribution is -0.133. The van der Waals surface area contributed by atoms with E-state index in [2.05, 4.69) is 43.0 Å². The highest BCUT2D eigenvalue weighted by Crippen LogP contribution is 2.38. The van der Waals surface area contributed by atoms with Crippen molar-refractivity contribution in [3.05, 3.63) is 71.8 Å². The van der Waals surface area contributed by atoms with E-state index >= 15 is 0 Å². The number of rotatable bonds is 9. The van der Waals surface area contributed by atoms with Crippen LogP contribution in [0.2, 0.25) is 0 Å². The van der Waals surface area contributed by atoms with Crippen LogP contribution < -0.4 is 0 Å². The van der Waals surface area contributed by atoms with Crippen molar-refractivity contribution in [3.63, 3.8) is 0 Å². The molecule has 0 aliphatic carbocycles. The Morgan fingerprint density at radius 1 is 0.846 bits per heavy atom. The lowest BCUT2D eigenvalue weighted by Gasteiger charge is -2.36. The first-order chi connectivity index (χ1) is 12.6. The first kappa shape index (κ1) is 20.2. The van der Waals surface area contributed by atoms with Crippen LogP contribution in [0, 0.1) is 0 Å². The molecule has 0 aromatic heterocycles. The lowest BCUT2D eigenvalue weighted by Crippen LogP contribution is -2.45. The van der Waals surface area contributed by atoms with Gasteiger partial charge in [0.15, 0.2) is 0 Å². The monoisotopic (exact) mass is 352 g/mol. The van der Waals surface area contributed by atoms with Crippen LogP contribution in [0.25, 0.3) is 0 Å². The molecule has 0 spiro atoms. The number of amides is 1. The largest absolute Gasteiger partial charge is 0.348 e. The third-order valence-corrected chi connectivity index (χ3v) is 5.22. The Bertz CT molecular complexity index is 624. The zero-order chi connectivity index (χ0) is 19.0. The predicted octanol–water partition coefficient (Wildman–Crippen LogP) is 4.18. The molecule has 3 nitrogen and oxygen atoms in total. The van der Waals surface area contributed by atoms with Gasteiger partial charge in [0.25, 0.3) is 0 Å². The molecule has 0 N–H and O–H groups in total. The second kappa shape index (κ2) is 9.54. The van der Waals surface area contributed by atoms with E-state index in [9.17, 15) is 4.79 Å². The van der Waals surface area contributed by atoms with E-state index in [0.717, 1.165) is 43.6 Å². The van der Waals surface area contributed by atoms with Gasteiger partial charge in [0.1, 0.15) is 0 Å². The Hall–Kier alpha value is -2.13. The molecule has 2 aromatic carbocycles. The maximum Gasteiger partial charge on any atom is 0.237 e. The maximum absolute atomic E-state index is 13.5. The van der Waals surface area contributed by atoms with E-state index < -0.39 is 5.41 Å². The summed E-state index contributed by atoms with van der Waals surface area (Å²) in [4.78, 5) is 17.6. The Labute approximate surface area is 158 Å². The van der Waals surface area contributed by atoms with E-state index in [-0.39, 0.29) is 5.91 Å². The second-order valence-electron chi connectivity index (χ2n) is 6.97. The van der Waals surface area contributed by atoms with Crippen LogP contribution >= 0.6 is 0 Å². The number of nitrogens with zero attached hydrogens (tertiary/aromatic N) is 2. The molecule has 0 saturated heterocycles. The standard InChI is InChI=1S/C23H32N2O/c1-5-25(6-2)19-13-18-23(22(26)24(3)4,20-14-9-7-10-15-20)21-16-11-8-12-17-21/h7-12,14-17H,5-6,13,18-19H2,1-4H3. The molecule has 2 aromatic rings. The zero-order valence-electron chi connectivity index (χ0n) is 16.6. The van der Waals surface area contributed by atoms with E-state index in [1.165, 1.54) is 0 Å². The second-order valence-corrected chi connectivity index (χ2v) is 6.97. The highest BCUT2D eigenvalue weighted by Gasteiger charge is 2.42. The minimum atomic E-state index is -0.640. The molecule has 0 atom stereocenters. The number of hydrogen-bond acceptors (Lipinski definition) is 2. The Morgan fingerprint density at radius 2 is 1.31 bits per heavy atom. The third kappa shape index (κ3) is 4.34. The van der Waals surface area contributed by atoms with Crippen molar-refractivity contribution in [1.82, 2.24) is 9.80 Å². The molecule has 1 amide bonds. The number of carbonyl (C=O) groups excluding carboxylic acids is 1. The summed E-state index contributed by atoms with van der Waals surface area (Å²) in [7, 11) is 3.71. The Morgan fingerprint density at radius 3 is 1.69 bits per heavy atom. The molecule has 0 aliphatic heterocycles. The van der Waals surface area contributed by atoms with Gasteiger partial charge in [0.2, 0.25) is 5.91 Å². The van der Waals surface area contributed by atoms with Gasteiger partial charge in [-0.25, -0.2) is 0 Å². The molecular formula is C23H32N2O. The van der Waals surface area contributed by atoms with Gasteiger partial charge in [-0.2, -0.15) is 0 Å². The Kier molecular flexibility index (Phi) is 7.40. The summed E-state index contributed by atoms with van der Waals surface area (Å²) in [5.74, 6) is 0.148. The van der Waals surface area contributed by atoms with Gasteiger partial charge in [-0.1, -0.05) is 74.5 Å². The normalized spacial score (nSPS) is 11.6. The van der Waals surface area contributed by atoms with Crippen molar-refractivity contribution >= 4 is 5.91 Å². The summed E-state index contributed by atoms with van der Waals surface area (Å²) in [6.45, 7) is 7.48. The molecule has 0 unspecified atom stereocenters. The van der Waals surface area contributed by atoms with Crippen molar-refractivity contribution in [2.45, 2.75) is 32.1 Å². The van der Waals surface area contributed by atoms with Crippen LogP contribution in [-0.2, 0) is 10.2 Å². The average Bonchev–Trinajstić information content (AvgIpc) is 2.69. The van der Waals surface area contributed by atoms with E-state index in [4.69, 9.17) is 0 Å². The van der Waals surface area contributed by atoms with Gasteiger partial charge in [-0.15, -0.1) is 0 Å². The van der Waals surface area contributed by atoms with Crippen LogP contribution in [0.3, 0.4) is 0 Å². The minimum Gasteiger partial charge on any atom is -0.348 e. The highest BCUT2D eigenvalue weighted by atomic mass is 16.2. The molecule has 0 bridgehead atoms. The Balaban J connectivity index is 2.49. The maximum atomic E-state index is 13.5. The summed E-state index contributed by atoms with van der Waals surface area (Å²) in [5, 5.41) is 0. The molecule has 0 saturated carbocycles. The van der Waals surface area contributed by atoms with Crippen molar-refractivity contribution in [3.8, 4) is 0 Å². The van der Waals surface area contributed by atoms with Crippen LogP contribution in [0.5, 0.6) is 0 Å². The molecule has 26 heavy (non-hydrogen) atoms. The summed E-state index contributed by atoms with van der Waals surface area (Å²) in [5.41, 5.74) is 1.51. The third-order valence-electron chi connectivity index (χ3n) is 5.22. The fourth-order valence-corrected chi connectivity index (χ4v) is 3.74. The summed E-state index contributed by atoms with van der Waals surface area (Å²) in [6.07, 6.45) is 1.78. The van der Waals surface area contributed by atoms with Gasteiger partial charge >= 0.3 is 0 Å². The number of hydrogen-bond donors (Lipinski definition) is 0. The fraction of sp³-hybridized carbons (Fsp3) is 0.435. The topological polar surface area (TPSA) is 23.6 Å². The fourth-order valence-electron chi connectivity index (χ4n) is 3.74. The molecule has 3 heteroatoms. The van der Waals surface area contributed by atoms with Crippen LogP contribution in [0.1, 0.15) is 37.8 Å². The quantitative estimate of drug-likeness (QED) is 0.676. The summed E-state index contributed by atoms with van der Waals surface area (Å²) in [6, 6.07) is 20.5. The molecule has 0 heterocycles. The smallest absolute Gasteiger partial charge is 0.237 e. The highest BCUT2D eigenvalue weighted by molar-refractivity contribution is 5.91. The SMILES string of the molecule is CCN(CC)CCCC(C(=O)N(C)C)(c1ccccc1)c1ccccc1. The molecule has 0 aliphatic rings. The lowest BCUT2D eigenvalue weighted by atomic mass is 9.70. The van der Waals surface area contributed by atoms with Gasteiger partial charge in [-0.3, -0.25) is 4.79 Å². The van der Waals surface area contributed by atoms with E-state index in [1.54, 1.807) is 4.90 Å². The summed E-state index contributed by atoms with van der Waals surface area (Å²) < 4.78 is 0. The first-order valence-electron chi connectivity index (χ1n) is 9.61. The first-order valence-corrected chi connectivity index (χ1v) is 9.61. The number of likely N-dealkylation sites (N-methyl/N-ethyl adjacent to an activating group) is 1. The molecular weight excluding hydrogens is 320 g/mol. The molecule has 2 rings (SSSR count). The number of carbonyl (C=O) groups is 1. The predicted molar refractivity (Wildman–Crippen MR) is 109 cm³/mol. The average molecular weight is 353 g/mol. The zero-order valence-corrected chi connectivity index (χ0v) is 16.6. The van der Waals surface area contributed by atoms with Gasteiger partial charge in [0.05, 0.1) is 5.41 Å². The molecule has 0 radical (unpaired) electrons. The molecule has 0 fully saturated rings. The van der Waals surface area contributed by atoms with E-state index in [1.807, 2.05) is 50.5 Å².